The van der Waals surface area contributed by atoms with Crippen LogP contribution in [-0.4, -0.2) is 10.9 Å². The number of hydrogen-bond donors (Lipinski definition) is 2. The van der Waals surface area contributed by atoms with Gasteiger partial charge in [-0.3, -0.25) is 4.79 Å². The zero-order chi connectivity index (χ0) is 14.8. The maximum atomic E-state index is 12.6. The van der Waals surface area contributed by atoms with Gasteiger partial charge in [-0.05, 0) is 42.7 Å². The number of nitrogens with one attached hydrogen (secondary N) is 2. The number of benzene rings is 2. The Bertz CT molecular complexity index is 802. The Hall–Kier alpha value is -2.55. The van der Waals surface area contributed by atoms with Gasteiger partial charge in [0.2, 0.25) is 0 Å². The molecule has 0 aliphatic rings. The minimum atomic E-state index is -0.0656. The number of amides is 1. The van der Waals surface area contributed by atoms with E-state index in [4.69, 9.17) is 0 Å². The van der Waals surface area contributed by atoms with Crippen LogP contribution < -0.4 is 5.32 Å². The van der Waals surface area contributed by atoms with Crippen LogP contribution in [0.2, 0.25) is 0 Å². The van der Waals surface area contributed by atoms with E-state index in [0.717, 1.165) is 34.1 Å². The van der Waals surface area contributed by atoms with Crippen molar-refractivity contribution in [1.29, 1.82) is 0 Å². The van der Waals surface area contributed by atoms with E-state index in [1.807, 2.05) is 49.5 Å². The first-order chi connectivity index (χ1) is 10.2. The number of carbonyl (C=O) groups is 1. The Kier molecular flexibility index (Phi) is 3.48. The highest BCUT2D eigenvalue weighted by molar-refractivity contribution is 6.13. The molecule has 3 nitrogen and oxygen atoms in total. The van der Waals surface area contributed by atoms with Crippen LogP contribution in [0.25, 0.3) is 10.9 Å². The highest BCUT2D eigenvalue weighted by Crippen LogP contribution is 2.24. The molecule has 3 rings (SSSR count). The SMILES string of the molecule is CCc1cccc(C)c1NC(=O)c1cccc2[nH]ccc12. The fraction of sp³-hybridized carbons (Fsp3) is 0.167. The van der Waals surface area contributed by atoms with Gasteiger partial charge >= 0.3 is 0 Å². The van der Waals surface area contributed by atoms with Crippen LogP contribution in [0.5, 0.6) is 0 Å². The van der Waals surface area contributed by atoms with Gasteiger partial charge in [-0.2, -0.15) is 0 Å². The van der Waals surface area contributed by atoms with E-state index in [-0.39, 0.29) is 5.91 Å². The molecule has 0 fully saturated rings. The Morgan fingerprint density at radius 1 is 1.14 bits per heavy atom. The molecule has 21 heavy (non-hydrogen) atoms. The second-order valence-electron chi connectivity index (χ2n) is 5.16. The van der Waals surface area contributed by atoms with E-state index in [1.165, 1.54) is 0 Å². The Balaban J connectivity index is 1.99. The molecule has 0 bridgehead atoms. The number of hydrogen-bond acceptors (Lipinski definition) is 1. The van der Waals surface area contributed by atoms with Gasteiger partial charge in [0.1, 0.15) is 0 Å². The molecular weight excluding hydrogens is 260 g/mol. The van der Waals surface area contributed by atoms with Crippen LogP contribution in [0.4, 0.5) is 5.69 Å². The highest BCUT2D eigenvalue weighted by Gasteiger charge is 2.13. The van der Waals surface area contributed by atoms with Crippen LogP contribution in [0.3, 0.4) is 0 Å². The first-order valence-electron chi connectivity index (χ1n) is 7.16. The quantitative estimate of drug-likeness (QED) is 0.737. The number of fused-ring (bicyclic) bond motifs is 1. The number of anilines is 1. The van der Waals surface area contributed by atoms with Crippen molar-refractivity contribution >= 4 is 22.5 Å². The van der Waals surface area contributed by atoms with E-state index in [2.05, 4.69) is 23.3 Å². The molecule has 1 amide bonds. The summed E-state index contributed by atoms with van der Waals surface area (Å²) in [4.78, 5) is 15.8. The minimum Gasteiger partial charge on any atom is -0.361 e. The molecular formula is C18H18N2O. The second kappa shape index (κ2) is 5.44. The fourth-order valence-corrected chi connectivity index (χ4v) is 2.67. The third-order valence-corrected chi connectivity index (χ3v) is 3.82. The average Bonchev–Trinajstić information content (AvgIpc) is 2.97. The van der Waals surface area contributed by atoms with Crippen molar-refractivity contribution in [2.75, 3.05) is 5.32 Å². The second-order valence-corrected chi connectivity index (χ2v) is 5.16. The van der Waals surface area contributed by atoms with E-state index in [1.54, 1.807) is 0 Å². The lowest BCUT2D eigenvalue weighted by atomic mass is 10.0. The first kappa shape index (κ1) is 13.4. The highest BCUT2D eigenvalue weighted by atomic mass is 16.1. The topological polar surface area (TPSA) is 44.9 Å². The minimum absolute atomic E-state index is 0.0656. The summed E-state index contributed by atoms with van der Waals surface area (Å²) < 4.78 is 0. The molecule has 0 aliphatic heterocycles. The zero-order valence-electron chi connectivity index (χ0n) is 12.2. The van der Waals surface area contributed by atoms with Crippen LogP contribution in [-0.2, 0) is 6.42 Å². The van der Waals surface area contributed by atoms with E-state index in [9.17, 15) is 4.79 Å². The molecule has 106 valence electrons. The van der Waals surface area contributed by atoms with Gasteiger partial charge in [-0.15, -0.1) is 0 Å². The molecule has 3 heteroatoms. The fourth-order valence-electron chi connectivity index (χ4n) is 2.67. The Labute approximate surface area is 124 Å². The van der Waals surface area contributed by atoms with Crippen molar-refractivity contribution in [2.24, 2.45) is 0 Å². The van der Waals surface area contributed by atoms with Gasteiger partial charge in [0, 0.05) is 28.4 Å². The third-order valence-electron chi connectivity index (χ3n) is 3.82. The van der Waals surface area contributed by atoms with Gasteiger partial charge in [-0.1, -0.05) is 31.2 Å². The lowest BCUT2D eigenvalue weighted by molar-refractivity contribution is 0.102. The van der Waals surface area contributed by atoms with E-state index >= 15 is 0 Å². The van der Waals surface area contributed by atoms with Crippen LogP contribution in [0.1, 0.15) is 28.4 Å². The number of para-hydroxylation sites is 1. The number of H-pyrrole nitrogens is 1. The van der Waals surface area contributed by atoms with Gasteiger partial charge in [-0.25, -0.2) is 0 Å². The summed E-state index contributed by atoms with van der Waals surface area (Å²) in [6.45, 7) is 4.11. The molecule has 2 N–H and O–H groups in total. The molecule has 0 saturated carbocycles. The molecule has 1 aromatic heterocycles. The van der Waals surface area contributed by atoms with Gasteiger partial charge < -0.3 is 10.3 Å². The molecule has 3 aromatic rings. The number of aryl methyl sites for hydroxylation is 2. The summed E-state index contributed by atoms with van der Waals surface area (Å²) in [5.41, 5.74) is 4.84. The van der Waals surface area contributed by atoms with Crippen molar-refractivity contribution in [3.63, 3.8) is 0 Å². The van der Waals surface area contributed by atoms with E-state index in [0.29, 0.717) is 5.56 Å². The standard InChI is InChI=1S/C18H18N2O/c1-3-13-7-4-6-12(2)17(13)20-18(21)15-8-5-9-16-14(15)10-11-19-16/h4-11,19H,3H2,1-2H3,(H,20,21). The van der Waals surface area contributed by atoms with Crippen molar-refractivity contribution < 1.29 is 4.79 Å². The van der Waals surface area contributed by atoms with Gasteiger partial charge in [0.15, 0.2) is 0 Å². The monoisotopic (exact) mass is 278 g/mol. The first-order valence-corrected chi connectivity index (χ1v) is 7.16. The smallest absolute Gasteiger partial charge is 0.256 e. The van der Waals surface area contributed by atoms with Crippen molar-refractivity contribution in [3.8, 4) is 0 Å². The lowest BCUT2D eigenvalue weighted by Gasteiger charge is -2.13. The van der Waals surface area contributed by atoms with Crippen LogP contribution in [0.15, 0.2) is 48.7 Å². The average molecular weight is 278 g/mol. The number of carbonyl (C=O) groups excluding carboxylic acids is 1. The Morgan fingerprint density at radius 2 is 1.95 bits per heavy atom. The molecule has 0 saturated heterocycles. The summed E-state index contributed by atoms with van der Waals surface area (Å²) in [6.07, 6.45) is 2.75. The summed E-state index contributed by atoms with van der Waals surface area (Å²) >= 11 is 0. The maximum Gasteiger partial charge on any atom is 0.256 e. The number of rotatable bonds is 3. The molecule has 1 heterocycles. The predicted octanol–water partition coefficient (Wildman–Crippen LogP) is 4.29. The number of aromatic nitrogens is 1. The molecule has 0 spiro atoms. The third kappa shape index (κ3) is 2.42. The molecule has 2 aromatic carbocycles. The van der Waals surface area contributed by atoms with Crippen molar-refractivity contribution in [2.45, 2.75) is 20.3 Å². The van der Waals surface area contributed by atoms with Crippen molar-refractivity contribution in [3.05, 3.63) is 65.4 Å². The zero-order valence-corrected chi connectivity index (χ0v) is 12.2. The Morgan fingerprint density at radius 3 is 2.76 bits per heavy atom. The molecule has 0 aliphatic carbocycles. The predicted molar refractivity (Wildman–Crippen MR) is 86.8 cm³/mol. The summed E-state index contributed by atoms with van der Waals surface area (Å²) in [5, 5.41) is 4.02. The van der Waals surface area contributed by atoms with Gasteiger partial charge in [0.05, 0.1) is 0 Å². The van der Waals surface area contributed by atoms with E-state index < -0.39 is 0 Å². The summed E-state index contributed by atoms with van der Waals surface area (Å²) in [5.74, 6) is -0.0656. The molecule has 0 atom stereocenters. The molecule has 0 unspecified atom stereocenters. The largest absolute Gasteiger partial charge is 0.361 e. The molecule has 0 radical (unpaired) electrons. The number of aromatic amines is 1. The normalized spacial score (nSPS) is 10.8. The summed E-state index contributed by atoms with van der Waals surface area (Å²) in [6, 6.07) is 13.8. The summed E-state index contributed by atoms with van der Waals surface area (Å²) in [7, 11) is 0. The van der Waals surface area contributed by atoms with Crippen LogP contribution >= 0.6 is 0 Å². The maximum absolute atomic E-state index is 12.6. The van der Waals surface area contributed by atoms with Gasteiger partial charge in [0.25, 0.3) is 5.91 Å². The van der Waals surface area contributed by atoms with Crippen molar-refractivity contribution in [1.82, 2.24) is 4.98 Å². The van der Waals surface area contributed by atoms with Crippen LogP contribution in [0, 0.1) is 6.92 Å². The lowest BCUT2D eigenvalue weighted by Crippen LogP contribution is -2.14.